The zero-order valence-electron chi connectivity index (χ0n) is 11.8. The van der Waals surface area contributed by atoms with Crippen LogP contribution in [0.2, 0.25) is 0 Å². The fourth-order valence-electron chi connectivity index (χ4n) is 1.95. The van der Waals surface area contributed by atoms with Crippen LogP contribution >= 0.6 is 34.9 Å². The molecule has 2 aromatic rings. The van der Waals surface area contributed by atoms with Gasteiger partial charge in [-0.15, -0.1) is 21.5 Å². The van der Waals surface area contributed by atoms with Crippen molar-refractivity contribution in [3.8, 4) is 9.88 Å². The first kappa shape index (κ1) is 15.3. The molecule has 0 aliphatic heterocycles. The van der Waals surface area contributed by atoms with Gasteiger partial charge in [-0.1, -0.05) is 11.3 Å². The molecule has 0 saturated heterocycles. The maximum Gasteiger partial charge on any atom is 0.225 e. The van der Waals surface area contributed by atoms with Gasteiger partial charge in [-0.05, 0) is 33.0 Å². The summed E-state index contributed by atoms with van der Waals surface area (Å²) in [6, 6.07) is 0. The quantitative estimate of drug-likeness (QED) is 0.806. The number of anilines is 1. The molecule has 20 heavy (non-hydrogen) atoms. The molecule has 8 heteroatoms. The smallest absolute Gasteiger partial charge is 0.225 e. The van der Waals surface area contributed by atoms with Gasteiger partial charge in [0, 0.05) is 25.7 Å². The molecule has 0 unspecified atom stereocenters. The van der Waals surface area contributed by atoms with Crippen molar-refractivity contribution in [1.82, 2.24) is 14.8 Å². The van der Waals surface area contributed by atoms with Crippen molar-refractivity contribution in [2.75, 3.05) is 11.4 Å². The van der Waals surface area contributed by atoms with Crippen LogP contribution in [0, 0.1) is 10.9 Å². The summed E-state index contributed by atoms with van der Waals surface area (Å²) in [5.41, 5.74) is 1.11. The van der Waals surface area contributed by atoms with E-state index in [0.717, 1.165) is 26.1 Å². The van der Waals surface area contributed by atoms with E-state index in [1.807, 2.05) is 13.8 Å². The summed E-state index contributed by atoms with van der Waals surface area (Å²) in [6.45, 7) is 9.00. The number of hydrogen-bond acceptors (Lipinski definition) is 6. The molecular formula is C12H16N4OS3. The van der Waals surface area contributed by atoms with Crippen molar-refractivity contribution in [3.05, 3.63) is 9.65 Å². The van der Waals surface area contributed by atoms with Gasteiger partial charge < -0.3 is 4.57 Å². The number of amides is 1. The summed E-state index contributed by atoms with van der Waals surface area (Å²) in [4.78, 5) is 14.2. The predicted octanol–water partition coefficient (Wildman–Crippen LogP) is 3.50. The van der Waals surface area contributed by atoms with Crippen molar-refractivity contribution in [2.24, 2.45) is 0 Å². The SMILES string of the molecule is CCN(C(C)=O)c1nnc(-c2sc(=S)n(CC)c2C)s1. The lowest BCUT2D eigenvalue weighted by Gasteiger charge is -2.13. The first-order valence-corrected chi connectivity index (χ1v) is 8.35. The second kappa shape index (κ2) is 6.11. The standard InChI is InChI=1S/C12H16N4OS3/c1-5-15-7(3)9(19-12(15)18)10-13-14-11(20-10)16(6-2)8(4)17/h5-6H2,1-4H3. The molecule has 108 valence electrons. The lowest BCUT2D eigenvalue weighted by atomic mass is 10.4. The lowest BCUT2D eigenvalue weighted by molar-refractivity contribution is -0.116. The fraction of sp³-hybridized carbons (Fsp3) is 0.500. The van der Waals surface area contributed by atoms with Crippen molar-refractivity contribution in [1.29, 1.82) is 0 Å². The number of carbonyl (C=O) groups is 1. The molecule has 0 N–H and O–H groups in total. The Bertz CT molecular complexity index is 685. The number of nitrogens with zero attached hydrogens (tertiary/aromatic N) is 4. The van der Waals surface area contributed by atoms with Crippen LogP contribution in [-0.2, 0) is 11.3 Å². The van der Waals surface area contributed by atoms with Gasteiger partial charge in [0.2, 0.25) is 11.0 Å². The van der Waals surface area contributed by atoms with E-state index >= 15 is 0 Å². The van der Waals surface area contributed by atoms with Gasteiger partial charge in [-0.2, -0.15) is 0 Å². The first-order valence-electron chi connectivity index (χ1n) is 6.31. The third-order valence-corrected chi connectivity index (χ3v) is 5.65. The lowest BCUT2D eigenvalue weighted by Crippen LogP contribution is -2.27. The van der Waals surface area contributed by atoms with Gasteiger partial charge in [-0.25, -0.2) is 0 Å². The average molecular weight is 328 g/mol. The van der Waals surface area contributed by atoms with Gasteiger partial charge in [0.1, 0.15) is 0 Å². The van der Waals surface area contributed by atoms with Crippen molar-refractivity contribution < 1.29 is 4.79 Å². The van der Waals surface area contributed by atoms with Gasteiger partial charge in [0.05, 0.1) is 4.88 Å². The summed E-state index contributed by atoms with van der Waals surface area (Å²) >= 11 is 8.32. The Hall–Kier alpha value is -1.12. The fourth-order valence-corrected chi connectivity index (χ4v) is 4.60. The molecule has 0 fully saturated rings. The van der Waals surface area contributed by atoms with E-state index in [2.05, 4.69) is 21.7 Å². The van der Waals surface area contributed by atoms with E-state index in [4.69, 9.17) is 12.2 Å². The highest BCUT2D eigenvalue weighted by Gasteiger charge is 2.18. The molecule has 0 aromatic carbocycles. The largest absolute Gasteiger partial charge is 0.327 e. The zero-order valence-corrected chi connectivity index (χ0v) is 14.3. The minimum Gasteiger partial charge on any atom is -0.327 e. The first-order chi connectivity index (χ1) is 9.49. The van der Waals surface area contributed by atoms with Crippen LogP contribution in [0.15, 0.2) is 0 Å². The van der Waals surface area contributed by atoms with Crippen molar-refractivity contribution in [2.45, 2.75) is 34.2 Å². The molecule has 0 aliphatic rings. The number of rotatable bonds is 4. The molecular weight excluding hydrogens is 312 g/mol. The Kier molecular flexibility index (Phi) is 4.66. The van der Waals surface area contributed by atoms with E-state index in [1.165, 1.54) is 18.3 Å². The molecule has 0 spiro atoms. The number of hydrogen-bond donors (Lipinski definition) is 0. The van der Waals surface area contributed by atoms with Gasteiger partial charge in [0.25, 0.3) is 0 Å². The maximum absolute atomic E-state index is 11.5. The van der Waals surface area contributed by atoms with E-state index in [1.54, 1.807) is 16.2 Å². The topological polar surface area (TPSA) is 51.0 Å². The highest BCUT2D eigenvalue weighted by Crippen LogP contribution is 2.35. The zero-order chi connectivity index (χ0) is 14.9. The molecule has 5 nitrogen and oxygen atoms in total. The monoisotopic (exact) mass is 328 g/mol. The van der Waals surface area contributed by atoms with E-state index in [9.17, 15) is 4.79 Å². The highest BCUT2D eigenvalue weighted by molar-refractivity contribution is 7.73. The van der Waals surface area contributed by atoms with E-state index in [0.29, 0.717) is 11.7 Å². The normalized spacial score (nSPS) is 10.8. The average Bonchev–Trinajstić information content (AvgIpc) is 2.95. The van der Waals surface area contributed by atoms with Crippen LogP contribution in [0.1, 0.15) is 26.5 Å². The minimum absolute atomic E-state index is 0.0225. The van der Waals surface area contributed by atoms with Crippen LogP contribution in [0.3, 0.4) is 0 Å². The third kappa shape index (κ3) is 2.68. The molecule has 2 heterocycles. The molecule has 0 aliphatic carbocycles. The Labute approximate surface area is 130 Å². The van der Waals surface area contributed by atoms with Crippen molar-refractivity contribution >= 4 is 45.9 Å². The number of carbonyl (C=O) groups excluding carboxylic acids is 1. The maximum atomic E-state index is 11.5. The molecule has 1 amide bonds. The number of thiazole rings is 1. The highest BCUT2D eigenvalue weighted by atomic mass is 32.1. The Morgan fingerprint density at radius 1 is 1.35 bits per heavy atom. The van der Waals surface area contributed by atoms with Crippen LogP contribution in [0.5, 0.6) is 0 Å². The Morgan fingerprint density at radius 2 is 2.05 bits per heavy atom. The van der Waals surface area contributed by atoms with E-state index in [-0.39, 0.29) is 5.91 Å². The summed E-state index contributed by atoms with van der Waals surface area (Å²) in [5.74, 6) is -0.0225. The number of aromatic nitrogens is 3. The Balaban J connectivity index is 2.43. The van der Waals surface area contributed by atoms with Crippen LogP contribution in [-0.4, -0.2) is 27.2 Å². The second-order valence-electron chi connectivity index (χ2n) is 4.18. The van der Waals surface area contributed by atoms with E-state index < -0.39 is 0 Å². The summed E-state index contributed by atoms with van der Waals surface area (Å²) < 4.78 is 2.93. The van der Waals surface area contributed by atoms with Crippen molar-refractivity contribution in [3.63, 3.8) is 0 Å². The summed E-state index contributed by atoms with van der Waals surface area (Å²) in [5, 5.41) is 9.80. The van der Waals surface area contributed by atoms with Crippen LogP contribution in [0.4, 0.5) is 5.13 Å². The van der Waals surface area contributed by atoms with Gasteiger partial charge in [0.15, 0.2) is 8.96 Å². The molecule has 0 atom stereocenters. The summed E-state index contributed by atoms with van der Waals surface area (Å²) in [7, 11) is 0. The third-order valence-electron chi connectivity index (χ3n) is 3.00. The molecule has 2 rings (SSSR count). The van der Waals surface area contributed by atoms with Gasteiger partial charge >= 0.3 is 0 Å². The Morgan fingerprint density at radius 3 is 2.55 bits per heavy atom. The molecule has 0 saturated carbocycles. The van der Waals surface area contributed by atoms with Crippen LogP contribution in [0.25, 0.3) is 9.88 Å². The molecule has 0 bridgehead atoms. The van der Waals surface area contributed by atoms with Crippen LogP contribution < -0.4 is 4.90 Å². The predicted molar refractivity (Wildman–Crippen MR) is 86.2 cm³/mol. The molecule has 2 aromatic heterocycles. The summed E-state index contributed by atoms with van der Waals surface area (Å²) in [6.07, 6.45) is 0. The minimum atomic E-state index is -0.0225. The van der Waals surface area contributed by atoms with Gasteiger partial charge in [-0.3, -0.25) is 9.69 Å². The molecule has 0 radical (unpaired) electrons. The second-order valence-corrected chi connectivity index (χ2v) is 6.78.